The van der Waals surface area contributed by atoms with Crippen LogP contribution in [0, 0.1) is 0 Å². The molecule has 1 aromatic carbocycles. The van der Waals surface area contributed by atoms with E-state index in [0.29, 0.717) is 17.9 Å². The molecular formula is C10H10O2S. The SMILES string of the molecule is CC1(S)COc2ccccc2C1=O. The normalized spacial score (nSPS) is 26.5. The Morgan fingerprint density at radius 1 is 1.46 bits per heavy atom. The van der Waals surface area contributed by atoms with Gasteiger partial charge in [-0.1, -0.05) is 12.1 Å². The first kappa shape index (κ1) is 8.63. The van der Waals surface area contributed by atoms with E-state index in [1.165, 1.54) is 0 Å². The van der Waals surface area contributed by atoms with Crippen LogP contribution in [0.15, 0.2) is 24.3 Å². The number of thiol groups is 1. The summed E-state index contributed by atoms with van der Waals surface area (Å²) in [5.74, 6) is 0.705. The molecule has 3 heteroatoms. The molecule has 2 rings (SSSR count). The molecule has 0 saturated carbocycles. The first-order chi connectivity index (χ1) is 6.11. The van der Waals surface area contributed by atoms with Crippen molar-refractivity contribution in [3.63, 3.8) is 0 Å². The lowest BCUT2D eigenvalue weighted by Gasteiger charge is -2.28. The third kappa shape index (κ3) is 1.33. The van der Waals surface area contributed by atoms with Crippen LogP contribution in [0.25, 0.3) is 0 Å². The van der Waals surface area contributed by atoms with Crippen LogP contribution in [0.3, 0.4) is 0 Å². The van der Waals surface area contributed by atoms with Crippen LogP contribution in [-0.2, 0) is 0 Å². The van der Waals surface area contributed by atoms with Crippen LogP contribution in [0.2, 0.25) is 0 Å². The van der Waals surface area contributed by atoms with Gasteiger partial charge in [0, 0.05) is 0 Å². The summed E-state index contributed by atoms with van der Waals surface area (Å²) >= 11 is 4.26. The van der Waals surface area contributed by atoms with E-state index in [4.69, 9.17) is 4.74 Å². The average molecular weight is 194 g/mol. The Bertz CT molecular complexity index is 358. The number of ketones is 1. The van der Waals surface area contributed by atoms with Crippen molar-refractivity contribution in [2.24, 2.45) is 0 Å². The van der Waals surface area contributed by atoms with Crippen molar-refractivity contribution in [3.8, 4) is 5.75 Å². The molecule has 0 bridgehead atoms. The highest BCUT2D eigenvalue weighted by Gasteiger charge is 2.36. The maximum Gasteiger partial charge on any atom is 0.185 e. The number of carbonyl (C=O) groups excluding carboxylic acids is 1. The first-order valence-electron chi connectivity index (χ1n) is 4.10. The van der Waals surface area contributed by atoms with E-state index < -0.39 is 4.75 Å². The van der Waals surface area contributed by atoms with Gasteiger partial charge in [-0.2, -0.15) is 12.6 Å². The number of ether oxygens (including phenoxy) is 1. The van der Waals surface area contributed by atoms with Crippen LogP contribution in [0.1, 0.15) is 17.3 Å². The van der Waals surface area contributed by atoms with Gasteiger partial charge in [-0.25, -0.2) is 0 Å². The van der Waals surface area contributed by atoms with Crippen molar-refractivity contribution in [1.82, 2.24) is 0 Å². The van der Waals surface area contributed by atoms with Gasteiger partial charge in [-0.3, -0.25) is 4.79 Å². The second kappa shape index (κ2) is 2.77. The minimum atomic E-state index is -0.686. The summed E-state index contributed by atoms with van der Waals surface area (Å²) in [5.41, 5.74) is 0.631. The molecule has 0 aromatic heterocycles. The average Bonchev–Trinajstić information content (AvgIpc) is 2.13. The lowest BCUT2D eigenvalue weighted by atomic mass is 9.96. The van der Waals surface area contributed by atoms with Crippen molar-refractivity contribution in [3.05, 3.63) is 29.8 Å². The van der Waals surface area contributed by atoms with Crippen LogP contribution >= 0.6 is 12.6 Å². The lowest BCUT2D eigenvalue weighted by Crippen LogP contribution is -2.39. The standard InChI is InChI=1S/C10H10O2S/c1-10(13)6-12-8-5-3-2-4-7(8)9(10)11/h2-5,13H,6H2,1H3. The van der Waals surface area contributed by atoms with E-state index in [1.807, 2.05) is 12.1 Å². The number of hydrogen-bond donors (Lipinski definition) is 1. The van der Waals surface area contributed by atoms with Gasteiger partial charge in [0.2, 0.25) is 0 Å². The zero-order chi connectivity index (χ0) is 9.47. The second-order valence-corrected chi connectivity index (χ2v) is 4.37. The highest BCUT2D eigenvalue weighted by Crippen LogP contribution is 2.32. The predicted octanol–water partition coefficient (Wildman–Crippen LogP) is 1.95. The minimum absolute atomic E-state index is 0.0395. The zero-order valence-electron chi connectivity index (χ0n) is 7.28. The van der Waals surface area contributed by atoms with Gasteiger partial charge in [0.1, 0.15) is 17.1 Å². The van der Waals surface area contributed by atoms with Crippen molar-refractivity contribution in [1.29, 1.82) is 0 Å². The molecule has 2 nitrogen and oxygen atoms in total. The smallest absolute Gasteiger partial charge is 0.185 e. The van der Waals surface area contributed by atoms with Gasteiger partial charge in [0.25, 0.3) is 0 Å². The molecule has 0 fully saturated rings. The summed E-state index contributed by atoms with van der Waals surface area (Å²) in [6.45, 7) is 2.11. The van der Waals surface area contributed by atoms with Crippen LogP contribution < -0.4 is 4.74 Å². The molecule has 1 aliphatic rings. The molecule has 0 saturated heterocycles. The van der Waals surface area contributed by atoms with Gasteiger partial charge < -0.3 is 4.74 Å². The van der Waals surface area contributed by atoms with Crippen LogP contribution in [0.5, 0.6) is 5.75 Å². The maximum absolute atomic E-state index is 11.8. The predicted molar refractivity (Wildman–Crippen MR) is 53.7 cm³/mol. The number of carbonyl (C=O) groups is 1. The monoisotopic (exact) mass is 194 g/mol. The molecule has 1 heterocycles. The number of para-hydroxylation sites is 1. The minimum Gasteiger partial charge on any atom is -0.491 e. The first-order valence-corrected chi connectivity index (χ1v) is 4.55. The fraction of sp³-hybridized carbons (Fsp3) is 0.300. The molecule has 1 unspecified atom stereocenters. The molecule has 1 atom stereocenters. The van der Waals surface area contributed by atoms with Crippen molar-refractivity contribution in [2.75, 3.05) is 6.61 Å². The third-order valence-electron chi connectivity index (χ3n) is 2.13. The summed E-state index contributed by atoms with van der Waals surface area (Å²) in [4.78, 5) is 11.8. The fourth-order valence-corrected chi connectivity index (χ4v) is 1.54. The molecular weight excluding hydrogens is 184 g/mol. The lowest BCUT2D eigenvalue weighted by molar-refractivity contribution is 0.0884. The largest absolute Gasteiger partial charge is 0.491 e. The van der Waals surface area contributed by atoms with Crippen LogP contribution in [-0.4, -0.2) is 17.1 Å². The Hall–Kier alpha value is -0.960. The number of rotatable bonds is 0. The Kier molecular flexibility index (Phi) is 1.84. The summed E-state index contributed by atoms with van der Waals surface area (Å²) in [7, 11) is 0. The van der Waals surface area contributed by atoms with E-state index in [0.717, 1.165) is 0 Å². The van der Waals surface area contributed by atoms with Gasteiger partial charge in [0.15, 0.2) is 5.78 Å². The molecule has 1 aromatic rings. The Morgan fingerprint density at radius 3 is 2.92 bits per heavy atom. The van der Waals surface area contributed by atoms with E-state index >= 15 is 0 Å². The summed E-state index contributed by atoms with van der Waals surface area (Å²) < 4.78 is 4.73. The van der Waals surface area contributed by atoms with Crippen molar-refractivity contribution >= 4 is 18.4 Å². The van der Waals surface area contributed by atoms with E-state index in [2.05, 4.69) is 12.6 Å². The highest BCUT2D eigenvalue weighted by atomic mass is 32.1. The van der Waals surface area contributed by atoms with Crippen molar-refractivity contribution < 1.29 is 9.53 Å². The van der Waals surface area contributed by atoms with Crippen LogP contribution in [0.4, 0.5) is 0 Å². The van der Waals surface area contributed by atoms with E-state index in [1.54, 1.807) is 19.1 Å². The number of benzene rings is 1. The second-order valence-electron chi connectivity index (χ2n) is 3.39. The summed E-state index contributed by atoms with van der Waals surface area (Å²) in [6.07, 6.45) is 0. The molecule has 1 aliphatic heterocycles. The number of Topliss-reactive ketones (excluding diaryl/α,β-unsaturated/α-hetero) is 1. The Morgan fingerprint density at radius 2 is 2.15 bits per heavy atom. The molecule has 0 radical (unpaired) electrons. The highest BCUT2D eigenvalue weighted by molar-refractivity contribution is 7.82. The third-order valence-corrected chi connectivity index (χ3v) is 2.46. The van der Waals surface area contributed by atoms with Gasteiger partial charge in [-0.15, -0.1) is 0 Å². The molecule has 0 spiro atoms. The number of hydrogen-bond acceptors (Lipinski definition) is 3. The van der Waals surface area contributed by atoms with Gasteiger partial charge in [-0.05, 0) is 19.1 Å². The topological polar surface area (TPSA) is 26.3 Å². The van der Waals surface area contributed by atoms with Crippen molar-refractivity contribution in [2.45, 2.75) is 11.7 Å². The molecule has 13 heavy (non-hydrogen) atoms. The van der Waals surface area contributed by atoms with E-state index in [-0.39, 0.29) is 5.78 Å². The molecule has 0 aliphatic carbocycles. The van der Waals surface area contributed by atoms with E-state index in [9.17, 15) is 4.79 Å². The summed E-state index contributed by atoms with van der Waals surface area (Å²) in [6, 6.07) is 7.25. The van der Waals surface area contributed by atoms with Gasteiger partial charge in [0.05, 0.1) is 5.56 Å². The maximum atomic E-state index is 11.8. The zero-order valence-corrected chi connectivity index (χ0v) is 8.17. The quantitative estimate of drug-likeness (QED) is 0.639. The molecule has 68 valence electrons. The Labute approximate surface area is 82.3 Å². The number of fused-ring (bicyclic) bond motifs is 1. The molecule has 0 N–H and O–H groups in total. The fourth-order valence-electron chi connectivity index (χ4n) is 1.35. The Balaban J connectivity index is 2.52. The summed E-state index contributed by atoms with van der Waals surface area (Å²) in [5, 5.41) is 0. The van der Waals surface area contributed by atoms with Gasteiger partial charge >= 0.3 is 0 Å². The molecule has 0 amide bonds.